The van der Waals surface area contributed by atoms with Gasteiger partial charge in [-0.2, -0.15) is 4.37 Å². The molecule has 0 radical (unpaired) electrons. The summed E-state index contributed by atoms with van der Waals surface area (Å²) in [6.45, 7) is 0.707. The van der Waals surface area contributed by atoms with E-state index < -0.39 is 0 Å². The van der Waals surface area contributed by atoms with Gasteiger partial charge in [-0.25, -0.2) is 0 Å². The summed E-state index contributed by atoms with van der Waals surface area (Å²) < 4.78 is 5.30. The third-order valence-electron chi connectivity index (χ3n) is 1.98. The molecule has 0 amide bonds. The first-order valence-electron chi connectivity index (χ1n) is 4.68. The number of hydrogen-bond donors (Lipinski definition) is 0. The summed E-state index contributed by atoms with van der Waals surface area (Å²) in [5.74, 6) is 0.162. The number of Topliss-reactive ketones (excluding diaryl/α,β-unsaturated/α-hetero) is 1. The van der Waals surface area contributed by atoms with E-state index in [1.165, 1.54) is 27.8 Å². The van der Waals surface area contributed by atoms with Gasteiger partial charge in [0.1, 0.15) is 0 Å². The van der Waals surface area contributed by atoms with Crippen molar-refractivity contribution < 1.29 is 4.79 Å². The van der Waals surface area contributed by atoms with Crippen molar-refractivity contribution in [2.45, 2.75) is 6.42 Å². The molecule has 2 aromatic rings. The molecule has 0 unspecified atom stereocenters. The van der Waals surface area contributed by atoms with Crippen LogP contribution in [0.4, 0.5) is 0 Å². The number of hydrogen-bond acceptors (Lipinski definition) is 4. The van der Waals surface area contributed by atoms with Crippen LogP contribution in [-0.2, 0) is 4.79 Å². The van der Waals surface area contributed by atoms with E-state index in [2.05, 4.69) is 21.5 Å². The molecule has 0 saturated heterocycles. The van der Waals surface area contributed by atoms with Gasteiger partial charge in [0.25, 0.3) is 0 Å². The molecule has 0 N–H and O–H groups in total. The molecule has 0 saturated carbocycles. The number of carbonyl (C=O) groups is 1. The summed E-state index contributed by atoms with van der Waals surface area (Å²) in [5, 5.41) is 1.24. The van der Waals surface area contributed by atoms with Crippen LogP contribution in [0.5, 0.6) is 0 Å². The fourth-order valence-electron chi connectivity index (χ4n) is 1.22. The van der Waals surface area contributed by atoms with E-state index in [-0.39, 0.29) is 5.78 Å². The average molecular weight is 218 g/mol. The lowest BCUT2D eigenvalue weighted by molar-refractivity contribution is -0.111. The van der Waals surface area contributed by atoms with Crippen molar-refractivity contribution in [3.05, 3.63) is 30.5 Å². The Hall–Kier alpha value is -1.55. The molecular formula is C11H10N2OS. The van der Waals surface area contributed by atoms with Gasteiger partial charge < -0.3 is 0 Å². The van der Waals surface area contributed by atoms with Crippen molar-refractivity contribution in [1.82, 2.24) is 4.37 Å². The van der Waals surface area contributed by atoms with Crippen molar-refractivity contribution in [1.29, 1.82) is 0 Å². The predicted octanol–water partition coefficient (Wildman–Crippen LogP) is 2.33. The SMILES string of the molecule is O=C1C=NCC1.c1ccc2sncc2c1. The van der Waals surface area contributed by atoms with E-state index in [1.807, 2.05) is 18.3 Å². The number of carbonyl (C=O) groups excluding carboxylic acids is 1. The van der Waals surface area contributed by atoms with E-state index in [9.17, 15) is 4.79 Å². The minimum atomic E-state index is 0.162. The molecule has 1 aromatic heterocycles. The van der Waals surface area contributed by atoms with Gasteiger partial charge >= 0.3 is 0 Å². The lowest BCUT2D eigenvalue weighted by Crippen LogP contribution is -1.89. The van der Waals surface area contributed by atoms with Crippen molar-refractivity contribution in [3.8, 4) is 0 Å². The fraction of sp³-hybridized carbons (Fsp3) is 0.182. The van der Waals surface area contributed by atoms with E-state index in [1.54, 1.807) is 0 Å². The summed E-state index contributed by atoms with van der Waals surface area (Å²) in [7, 11) is 0. The minimum absolute atomic E-state index is 0.162. The maximum absolute atomic E-state index is 10.1. The summed E-state index contributed by atoms with van der Waals surface area (Å²) >= 11 is 1.54. The Morgan fingerprint density at radius 2 is 2.13 bits per heavy atom. The molecule has 3 nitrogen and oxygen atoms in total. The minimum Gasteiger partial charge on any atom is -0.293 e. The van der Waals surface area contributed by atoms with Crippen molar-refractivity contribution in [3.63, 3.8) is 0 Å². The molecule has 4 heteroatoms. The first-order chi connectivity index (χ1) is 7.36. The number of aliphatic imine (C=N–C) groups is 1. The molecule has 0 aliphatic carbocycles. The third kappa shape index (κ3) is 2.70. The molecule has 0 bridgehead atoms. The van der Waals surface area contributed by atoms with Crippen molar-refractivity contribution in [2.24, 2.45) is 4.99 Å². The topological polar surface area (TPSA) is 42.3 Å². The van der Waals surface area contributed by atoms with Crippen LogP contribution in [0, 0.1) is 0 Å². The van der Waals surface area contributed by atoms with E-state index in [0.717, 1.165) is 0 Å². The highest BCUT2D eigenvalue weighted by atomic mass is 32.1. The molecule has 0 atom stereocenters. The second-order valence-corrected chi connectivity index (χ2v) is 3.95. The Bertz CT molecular complexity index is 460. The molecule has 2 heterocycles. The molecule has 15 heavy (non-hydrogen) atoms. The van der Waals surface area contributed by atoms with Crippen LogP contribution < -0.4 is 0 Å². The zero-order valence-electron chi connectivity index (χ0n) is 8.09. The average Bonchev–Trinajstić information content (AvgIpc) is 2.88. The normalized spacial score (nSPS) is 14.0. The van der Waals surface area contributed by atoms with Crippen LogP contribution in [-0.4, -0.2) is 22.9 Å². The number of rotatable bonds is 0. The Balaban J connectivity index is 0.000000124. The number of aromatic nitrogens is 1. The Kier molecular flexibility index (Phi) is 3.19. The number of benzene rings is 1. The molecule has 76 valence electrons. The first kappa shape index (κ1) is 9.98. The highest BCUT2D eigenvalue weighted by molar-refractivity contribution is 7.13. The molecule has 0 fully saturated rings. The number of nitrogens with zero attached hydrogens (tertiary/aromatic N) is 2. The van der Waals surface area contributed by atoms with Crippen LogP contribution >= 0.6 is 11.5 Å². The third-order valence-corrected chi connectivity index (χ3v) is 2.76. The smallest absolute Gasteiger partial charge is 0.175 e. The predicted molar refractivity (Wildman–Crippen MR) is 62.6 cm³/mol. The van der Waals surface area contributed by atoms with Gasteiger partial charge in [-0.1, -0.05) is 18.2 Å². The van der Waals surface area contributed by atoms with E-state index in [0.29, 0.717) is 13.0 Å². The standard InChI is InChI=1S/C7H5NS.C4H5NO/c1-2-4-7-6(3-1)5-8-9-7;6-4-1-2-5-3-4/h1-5H;3H,1-2H2. The van der Waals surface area contributed by atoms with Gasteiger partial charge in [-0.15, -0.1) is 0 Å². The van der Waals surface area contributed by atoms with E-state index >= 15 is 0 Å². The van der Waals surface area contributed by atoms with Gasteiger partial charge in [-0.3, -0.25) is 9.79 Å². The molecule has 1 aromatic carbocycles. The lowest BCUT2D eigenvalue weighted by Gasteiger charge is -1.80. The van der Waals surface area contributed by atoms with Crippen LogP contribution in [0.25, 0.3) is 10.1 Å². The Morgan fingerprint density at radius 3 is 2.73 bits per heavy atom. The highest BCUT2D eigenvalue weighted by Crippen LogP contribution is 2.15. The Labute approximate surface area is 91.6 Å². The van der Waals surface area contributed by atoms with Crippen molar-refractivity contribution >= 4 is 33.6 Å². The van der Waals surface area contributed by atoms with Gasteiger partial charge in [0, 0.05) is 24.5 Å². The summed E-state index contributed by atoms with van der Waals surface area (Å²) in [5.41, 5.74) is 0. The van der Waals surface area contributed by atoms with E-state index in [4.69, 9.17) is 0 Å². The molecule has 1 aliphatic rings. The zero-order chi connectivity index (χ0) is 10.5. The van der Waals surface area contributed by atoms with Crippen LogP contribution in [0.3, 0.4) is 0 Å². The van der Waals surface area contributed by atoms with Crippen LogP contribution in [0.15, 0.2) is 35.5 Å². The largest absolute Gasteiger partial charge is 0.293 e. The second kappa shape index (κ2) is 4.79. The highest BCUT2D eigenvalue weighted by Gasteiger charge is 2.00. The maximum atomic E-state index is 10.1. The lowest BCUT2D eigenvalue weighted by atomic mass is 10.3. The molecule has 0 spiro atoms. The number of ketones is 1. The summed E-state index contributed by atoms with van der Waals surface area (Å²) in [6, 6.07) is 8.20. The summed E-state index contributed by atoms with van der Waals surface area (Å²) in [4.78, 5) is 13.8. The van der Waals surface area contributed by atoms with Crippen LogP contribution in [0.2, 0.25) is 0 Å². The van der Waals surface area contributed by atoms with Gasteiger partial charge in [-0.05, 0) is 17.6 Å². The van der Waals surface area contributed by atoms with Crippen molar-refractivity contribution in [2.75, 3.05) is 6.54 Å². The Morgan fingerprint density at radius 1 is 1.27 bits per heavy atom. The molecule has 3 rings (SSSR count). The summed E-state index contributed by atoms with van der Waals surface area (Å²) in [6.07, 6.45) is 3.90. The molecule has 1 aliphatic heterocycles. The fourth-order valence-corrected chi connectivity index (χ4v) is 1.86. The zero-order valence-corrected chi connectivity index (χ0v) is 8.91. The monoisotopic (exact) mass is 218 g/mol. The maximum Gasteiger partial charge on any atom is 0.175 e. The van der Waals surface area contributed by atoms with Gasteiger partial charge in [0.2, 0.25) is 0 Å². The second-order valence-electron chi connectivity index (χ2n) is 3.12. The molecular weight excluding hydrogens is 208 g/mol. The quantitative estimate of drug-likeness (QED) is 0.681. The first-order valence-corrected chi connectivity index (χ1v) is 5.46. The van der Waals surface area contributed by atoms with Crippen LogP contribution in [0.1, 0.15) is 6.42 Å². The van der Waals surface area contributed by atoms with Gasteiger partial charge in [0.15, 0.2) is 5.78 Å². The van der Waals surface area contributed by atoms with Gasteiger partial charge in [0.05, 0.1) is 10.9 Å². The number of fused-ring (bicyclic) bond motifs is 1.